The Morgan fingerprint density at radius 2 is 1.43 bits per heavy atom. The van der Waals surface area contributed by atoms with Gasteiger partial charge in [-0.1, -0.05) is 84.1 Å². The third-order valence-corrected chi connectivity index (χ3v) is 7.70. The summed E-state index contributed by atoms with van der Waals surface area (Å²) in [5, 5.41) is 13.5. The monoisotopic (exact) mass is 616 g/mol. The van der Waals surface area contributed by atoms with Gasteiger partial charge in [0.1, 0.15) is 0 Å². The zero-order chi connectivity index (χ0) is 31.1. The van der Waals surface area contributed by atoms with Crippen LogP contribution in [0.15, 0.2) is 109 Å². The number of amides is 1. The van der Waals surface area contributed by atoms with Crippen molar-refractivity contribution < 1.29 is 27.9 Å². The number of carboxylic acid groups (broad SMARTS) is 1. The zero-order valence-corrected chi connectivity index (χ0v) is 24.0. The average molecular weight is 617 g/mol. The zero-order valence-electron chi connectivity index (χ0n) is 23.2. The highest BCUT2D eigenvalue weighted by Crippen LogP contribution is 2.43. The molecule has 5 aromatic rings. The second-order valence-electron chi connectivity index (χ2n) is 9.76. The lowest BCUT2D eigenvalue weighted by atomic mass is 10.1. The number of carbonyl (C=O) groups is 2. The van der Waals surface area contributed by atoms with Crippen molar-refractivity contribution in [1.29, 1.82) is 0 Å². The van der Waals surface area contributed by atoms with Crippen molar-refractivity contribution in [2.75, 3.05) is 16.8 Å². The molecule has 0 aliphatic rings. The van der Waals surface area contributed by atoms with Crippen LogP contribution in [0.1, 0.15) is 22.3 Å². The summed E-state index contributed by atoms with van der Waals surface area (Å²) in [7, 11) is 0. The fraction of sp³-hybridized carbons (Fsp3) is 0.121. The van der Waals surface area contributed by atoms with Gasteiger partial charge in [-0.25, -0.2) is 4.98 Å². The van der Waals surface area contributed by atoms with Gasteiger partial charge in [0.05, 0.1) is 23.5 Å². The summed E-state index contributed by atoms with van der Waals surface area (Å²) in [5.74, 6) is -1.39. The van der Waals surface area contributed by atoms with Crippen molar-refractivity contribution in [3.05, 3.63) is 120 Å². The predicted molar refractivity (Wildman–Crippen MR) is 166 cm³/mol. The minimum Gasteiger partial charge on any atom is -0.481 e. The number of halogens is 3. The molecule has 0 saturated carbocycles. The van der Waals surface area contributed by atoms with Crippen molar-refractivity contribution in [2.24, 2.45) is 0 Å². The standard InChI is InChI=1S/C33H27F3N4O3S/c34-33(35,36)39-26-15-17-27(18-16-26)40(21-22-11-13-25(14-12-22)31(43)37-20-19-28(41)42)32-38-29(23-7-3-1-4-8-23)30(44-32)24-9-5-2-6-10-24/h1-18,39H,19-21H2,(H,37,43)(H,41,42). The first-order valence-corrected chi connectivity index (χ1v) is 14.4. The first kappa shape index (κ1) is 30.3. The summed E-state index contributed by atoms with van der Waals surface area (Å²) in [5.41, 5.74) is 4.43. The maximum Gasteiger partial charge on any atom is 0.482 e. The molecule has 1 heterocycles. The molecule has 11 heteroatoms. The molecule has 1 aromatic heterocycles. The number of nitrogens with zero attached hydrogens (tertiary/aromatic N) is 2. The normalized spacial score (nSPS) is 11.2. The maximum atomic E-state index is 12.9. The summed E-state index contributed by atoms with van der Waals surface area (Å²) >= 11 is 1.47. The van der Waals surface area contributed by atoms with E-state index in [1.807, 2.05) is 65.6 Å². The number of hydrogen-bond acceptors (Lipinski definition) is 6. The van der Waals surface area contributed by atoms with E-state index in [-0.39, 0.29) is 24.6 Å². The van der Waals surface area contributed by atoms with E-state index in [0.29, 0.717) is 22.9 Å². The van der Waals surface area contributed by atoms with Gasteiger partial charge in [0.2, 0.25) is 0 Å². The van der Waals surface area contributed by atoms with Crippen molar-refractivity contribution in [1.82, 2.24) is 10.3 Å². The average Bonchev–Trinajstić information content (AvgIpc) is 3.46. The molecule has 1 amide bonds. The molecule has 0 unspecified atom stereocenters. The molecule has 0 saturated heterocycles. The number of hydrogen-bond donors (Lipinski definition) is 3. The molecular weight excluding hydrogens is 589 g/mol. The Kier molecular flexibility index (Phi) is 9.25. The molecular formula is C33H27F3N4O3S. The van der Waals surface area contributed by atoms with E-state index in [4.69, 9.17) is 10.1 Å². The second kappa shape index (κ2) is 13.4. The molecule has 7 nitrogen and oxygen atoms in total. The van der Waals surface area contributed by atoms with Crippen LogP contribution < -0.4 is 15.5 Å². The molecule has 44 heavy (non-hydrogen) atoms. The van der Waals surface area contributed by atoms with E-state index >= 15 is 0 Å². The molecule has 0 atom stereocenters. The molecule has 3 N–H and O–H groups in total. The highest BCUT2D eigenvalue weighted by molar-refractivity contribution is 7.19. The highest BCUT2D eigenvalue weighted by Gasteiger charge is 2.27. The van der Waals surface area contributed by atoms with Crippen LogP contribution in [0.4, 0.5) is 29.7 Å². The molecule has 224 valence electrons. The Balaban J connectivity index is 1.51. The fourth-order valence-electron chi connectivity index (χ4n) is 4.49. The number of benzene rings is 4. The molecule has 0 fully saturated rings. The SMILES string of the molecule is O=C(O)CCNC(=O)c1ccc(CN(c2ccc(NC(F)(F)F)cc2)c2nc(-c3ccccc3)c(-c3ccccc3)s2)cc1. The number of aromatic nitrogens is 1. The Hall–Kier alpha value is -5.16. The van der Waals surface area contributed by atoms with E-state index in [1.165, 1.54) is 28.8 Å². The molecule has 0 radical (unpaired) electrons. The Bertz CT molecular complexity index is 1650. The van der Waals surface area contributed by atoms with Crippen LogP contribution in [0.3, 0.4) is 0 Å². The number of thiazole rings is 1. The lowest BCUT2D eigenvalue weighted by Crippen LogP contribution is -2.26. The number of carbonyl (C=O) groups excluding carboxylic acids is 1. The van der Waals surface area contributed by atoms with E-state index in [0.717, 1.165) is 27.3 Å². The van der Waals surface area contributed by atoms with Gasteiger partial charge in [0.15, 0.2) is 5.13 Å². The molecule has 0 spiro atoms. The van der Waals surface area contributed by atoms with Gasteiger partial charge in [-0.15, -0.1) is 0 Å². The summed E-state index contributed by atoms with van der Waals surface area (Å²) in [6, 6.07) is 32.4. The van der Waals surface area contributed by atoms with Crippen molar-refractivity contribution >= 4 is 39.7 Å². The van der Waals surface area contributed by atoms with Gasteiger partial charge in [0, 0.05) is 29.0 Å². The topological polar surface area (TPSA) is 94.6 Å². The number of rotatable bonds is 11. The summed E-state index contributed by atoms with van der Waals surface area (Å²) in [6.07, 6.45) is -4.74. The van der Waals surface area contributed by atoms with Crippen molar-refractivity contribution in [3.63, 3.8) is 0 Å². The van der Waals surface area contributed by atoms with E-state index in [9.17, 15) is 22.8 Å². The van der Waals surface area contributed by atoms with Gasteiger partial charge in [-0.2, -0.15) is 13.2 Å². The third kappa shape index (κ3) is 7.81. The third-order valence-electron chi connectivity index (χ3n) is 6.58. The maximum absolute atomic E-state index is 12.9. The Labute approximate surface area is 255 Å². The van der Waals surface area contributed by atoms with Gasteiger partial charge < -0.3 is 15.3 Å². The molecule has 4 aromatic carbocycles. The summed E-state index contributed by atoms with van der Waals surface area (Å²) < 4.78 is 38.8. The van der Waals surface area contributed by atoms with E-state index in [1.54, 1.807) is 36.4 Å². The first-order valence-electron chi connectivity index (χ1n) is 13.6. The minimum atomic E-state index is -4.56. The van der Waals surface area contributed by atoms with E-state index in [2.05, 4.69) is 5.32 Å². The van der Waals surface area contributed by atoms with Crippen LogP contribution in [0.5, 0.6) is 0 Å². The number of nitrogens with one attached hydrogen (secondary N) is 2. The van der Waals surface area contributed by atoms with Gasteiger partial charge in [-0.05, 0) is 47.5 Å². The molecule has 0 bridgehead atoms. The number of aliphatic carboxylic acids is 1. The van der Waals surface area contributed by atoms with Crippen molar-refractivity contribution in [3.8, 4) is 21.7 Å². The summed E-state index contributed by atoms with van der Waals surface area (Å²) in [6.45, 7) is 0.323. The van der Waals surface area contributed by atoms with Gasteiger partial charge in [-0.3, -0.25) is 14.9 Å². The van der Waals surface area contributed by atoms with Crippen LogP contribution >= 0.6 is 11.3 Å². The quantitative estimate of drug-likeness (QED) is 0.130. The largest absolute Gasteiger partial charge is 0.482 e. The molecule has 0 aliphatic heterocycles. The Morgan fingerprint density at radius 1 is 0.818 bits per heavy atom. The lowest BCUT2D eigenvalue weighted by molar-refractivity contribution is -0.136. The number of carboxylic acids is 1. The van der Waals surface area contributed by atoms with E-state index < -0.39 is 12.3 Å². The van der Waals surface area contributed by atoms with Crippen molar-refractivity contribution in [2.45, 2.75) is 19.3 Å². The van der Waals surface area contributed by atoms with Crippen LogP contribution in [-0.2, 0) is 11.3 Å². The molecule has 0 aliphatic carbocycles. The van der Waals surface area contributed by atoms with Gasteiger partial charge >= 0.3 is 12.3 Å². The smallest absolute Gasteiger partial charge is 0.481 e. The minimum absolute atomic E-state index is 0.0143. The lowest BCUT2D eigenvalue weighted by Gasteiger charge is -2.23. The molecule has 5 rings (SSSR count). The van der Waals surface area contributed by atoms with Crippen LogP contribution in [-0.4, -0.2) is 34.8 Å². The first-order chi connectivity index (χ1) is 21.2. The fourth-order valence-corrected chi connectivity index (χ4v) is 5.60. The van der Waals surface area contributed by atoms with Crippen LogP contribution in [0.25, 0.3) is 21.7 Å². The summed E-state index contributed by atoms with van der Waals surface area (Å²) in [4.78, 5) is 31.1. The second-order valence-corrected chi connectivity index (χ2v) is 10.7. The van der Waals surface area contributed by atoms with Crippen LogP contribution in [0, 0.1) is 0 Å². The van der Waals surface area contributed by atoms with Crippen LogP contribution in [0.2, 0.25) is 0 Å². The Morgan fingerprint density at radius 3 is 2.02 bits per heavy atom. The number of anilines is 3. The highest BCUT2D eigenvalue weighted by atomic mass is 32.1. The predicted octanol–water partition coefficient (Wildman–Crippen LogP) is 7.95. The number of alkyl halides is 3. The van der Waals surface area contributed by atoms with Gasteiger partial charge in [0.25, 0.3) is 5.91 Å².